The van der Waals surface area contributed by atoms with Gasteiger partial charge >= 0.3 is 0 Å². The summed E-state index contributed by atoms with van der Waals surface area (Å²) < 4.78 is 0. The number of piperazine rings is 2. The molecule has 0 saturated carbocycles. The zero-order valence-electron chi connectivity index (χ0n) is 31.7. The second-order valence-electron chi connectivity index (χ2n) is 14.0. The Morgan fingerprint density at radius 3 is 1.22 bits per heavy atom. The highest BCUT2D eigenvalue weighted by molar-refractivity contribution is 5.88. The van der Waals surface area contributed by atoms with Gasteiger partial charge in [-0.2, -0.15) is 0 Å². The SMILES string of the molecule is CCCCCCC/C=C/C(=O)N1CCN(CCc2ccccc2)CC1.CCCCCCC/C=C/C(=O)N1CCN(CCc2ccccc2)CC1. The Kier molecular flexibility index (Phi) is 21.9. The summed E-state index contributed by atoms with van der Waals surface area (Å²) >= 11 is 0. The van der Waals surface area contributed by atoms with Crippen LogP contribution in [0.1, 0.15) is 102 Å². The first-order chi connectivity index (χ1) is 24.6. The summed E-state index contributed by atoms with van der Waals surface area (Å²) in [7, 11) is 0. The van der Waals surface area contributed by atoms with Gasteiger partial charge < -0.3 is 9.80 Å². The predicted molar refractivity (Wildman–Crippen MR) is 211 cm³/mol. The van der Waals surface area contributed by atoms with E-state index in [1.165, 1.54) is 75.3 Å². The summed E-state index contributed by atoms with van der Waals surface area (Å²) in [6, 6.07) is 21.3. The molecule has 4 rings (SSSR count). The van der Waals surface area contributed by atoms with Crippen LogP contribution in [-0.2, 0) is 22.4 Å². The van der Waals surface area contributed by atoms with Gasteiger partial charge in [0.25, 0.3) is 0 Å². The summed E-state index contributed by atoms with van der Waals surface area (Å²) in [5, 5.41) is 0. The monoisotopic (exact) mass is 685 g/mol. The Labute approximate surface area is 305 Å². The van der Waals surface area contributed by atoms with Crippen LogP contribution in [0.3, 0.4) is 0 Å². The molecule has 0 bridgehead atoms. The van der Waals surface area contributed by atoms with Gasteiger partial charge in [-0.3, -0.25) is 19.4 Å². The number of hydrogen-bond acceptors (Lipinski definition) is 4. The maximum atomic E-state index is 12.2. The lowest BCUT2D eigenvalue weighted by Crippen LogP contribution is -2.48. The van der Waals surface area contributed by atoms with Gasteiger partial charge in [0.2, 0.25) is 11.8 Å². The van der Waals surface area contributed by atoms with E-state index in [0.717, 1.165) is 91.1 Å². The number of unbranched alkanes of at least 4 members (excludes halogenated alkanes) is 10. The Morgan fingerprint density at radius 1 is 0.500 bits per heavy atom. The van der Waals surface area contributed by atoms with E-state index in [1.54, 1.807) is 12.2 Å². The fourth-order valence-corrected chi connectivity index (χ4v) is 6.56. The van der Waals surface area contributed by atoms with E-state index in [9.17, 15) is 9.59 Å². The molecule has 2 aliphatic rings. The minimum atomic E-state index is 0.191. The van der Waals surface area contributed by atoms with E-state index in [1.807, 2.05) is 9.80 Å². The Balaban J connectivity index is 0.000000270. The van der Waals surface area contributed by atoms with Crippen LogP contribution in [0.2, 0.25) is 0 Å². The van der Waals surface area contributed by atoms with Crippen molar-refractivity contribution in [3.8, 4) is 0 Å². The van der Waals surface area contributed by atoms with Crippen molar-refractivity contribution in [1.82, 2.24) is 19.6 Å². The summed E-state index contributed by atoms with van der Waals surface area (Å²) in [6.45, 7) is 14.0. The molecule has 2 heterocycles. The molecule has 2 aliphatic heterocycles. The van der Waals surface area contributed by atoms with E-state index in [4.69, 9.17) is 0 Å². The number of amides is 2. The zero-order chi connectivity index (χ0) is 35.5. The van der Waals surface area contributed by atoms with Crippen LogP contribution in [0.5, 0.6) is 0 Å². The van der Waals surface area contributed by atoms with Crippen molar-refractivity contribution in [2.75, 3.05) is 65.4 Å². The number of nitrogens with zero attached hydrogens (tertiary/aromatic N) is 4. The first-order valence-electron chi connectivity index (χ1n) is 20.0. The maximum Gasteiger partial charge on any atom is 0.246 e. The fraction of sp³-hybridized carbons (Fsp3) is 0.591. The number of allylic oxidation sites excluding steroid dienone is 2. The highest BCUT2D eigenvalue weighted by Gasteiger charge is 2.20. The van der Waals surface area contributed by atoms with Gasteiger partial charge in [-0.25, -0.2) is 0 Å². The van der Waals surface area contributed by atoms with Gasteiger partial charge in [-0.1, -0.05) is 138 Å². The van der Waals surface area contributed by atoms with Crippen molar-refractivity contribution in [1.29, 1.82) is 0 Å². The minimum absolute atomic E-state index is 0.191. The molecule has 2 aromatic rings. The molecule has 0 aliphatic carbocycles. The normalized spacial score (nSPS) is 15.8. The Hall–Kier alpha value is -3.22. The lowest BCUT2D eigenvalue weighted by Gasteiger charge is -2.34. The van der Waals surface area contributed by atoms with Gasteiger partial charge in [0.15, 0.2) is 0 Å². The molecule has 6 heteroatoms. The van der Waals surface area contributed by atoms with Gasteiger partial charge in [0.1, 0.15) is 0 Å². The van der Waals surface area contributed by atoms with Crippen molar-refractivity contribution < 1.29 is 9.59 Å². The van der Waals surface area contributed by atoms with E-state index in [2.05, 4.69) is 96.5 Å². The number of hydrogen-bond donors (Lipinski definition) is 0. The molecule has 0 unspecified atom stereocenters. The quantitative estimate of drug-likeness (QED) is 0.104. The average molecular weight is 685 g/mol. The van der Waals surface area contributed by atoms with Crippen molar-refractivity contribution in [3.05, 3.63) is 96.1 Å². The van der Waals surface area contributed by atoms with Crippen molar-refractivity contribution in [2.24, 2.45) is 0 Å². The lowest BCUT2D eigenvalue weighted by atomic mass is 10.1. The molecule has 0 spiro atoms. The number of rotatable bonds is 20. The van der Waals surface area contributed by atoms with Crippen LogP contribution in [0, 0.1) is 0 Å². The van der Waals surface area contributed by atoms with Crippen LogP contribution in [0.4, 0.5) is 0 Å². The molecule has 0 radical (unpaired) electrons. The lowest BCUT2D eigenvalue weighted by molar-refractivity contribution is -0.128. The van der Waals surface area contributed by atoms with E-state index in [-0.39, 0.29) is 11.8 Å². The first kappa shape index (κ1) is 41.2. The van der Waals surface area contributed by atoms with Crippen LogP contribution < -0.4 is 0 Å². The van der Waals surface area contributed by atoms with Crippen LogP contribution >= 0.6 is 0 Å². The summed E-state index contributed by atoms with van der Waals surface area (Å²) in [6.07, 6.45) is 24.8. The average Bonchev–Trinajstić information content (AvgIpc) is 3.17. The van der Waals surface area contributed by atoms with Gasteiger partial charge in [-0.05, 0) is 61.8 Å². The van der Waals surface area contributed by atoms with Crippen molar-refractivity contribution in [2.45, 2.75) is 104 Å². The number of benzene rings is 2. The molecule has 6 nitrogen and oxygen atoms in total. The molecule has 2 amide bonds. The summed E-state index contributed by atoms with van der Waals surface area (Å²) in [4.78, 5) is 33.4. The largest absolute Gasteiger partial charge is 0.337 e. The standard InChI is InChI=1S/2C22H34N2O/c2*1-2-3-4-5-6-7-11-14-22(25)24-19-17-23(18-20-24)16-15-21-12-9-8-10-13-21/h2*8-14H,2-7,15-20H2,1H3/b2*14-11+. The van der Waals surface area contributed by atoms with Crippen LogP contribution in [-0.4, -0.2) is 96.9 Å². The third-order valence-corrected chi connectivity index (χ3v) is 9.96. The molecule has 50 heavy (non-hydrogen) atoms. The van der Waals surface area contributed by atoms with E-state index in [0.29, 0.717) is 0 Å². The summed E-state index contributed by atoms with van der Waals surface area (Å²) in [5.41, 5.74) is 2.78. The Bertz CT molecular complexity index is 1100. The topological polar surface area (TPSA) is 47.1 Å². The minimum Gasteiger partial charge on any atom is -0.337 e. The first-order valence-corrected chi connectivity index (χ1v) is 20.0. The molecular formula is C44H68N4O2. The van der Waals surface area contributed by atoms with Crippen LogP contribution in [0.25, 0.3) is 0 Å². The van der Waals surface area contributed by atoms with Crippen LogP contribution in [0.15, 0.2) is 85.0 Å². The van der Waals surface area contributed by atoms with Gasteiger partial charge in [0.05, 0.1) is 0 Å². The maximum absolute atomic E-state index is 12.2. The van der Waals surface area contributed by atoms with Crippen molar-refractivity contribution in [3.63, 3.8) is 0 Å². The third kappa shape index (κ3) is 18.1. The second-order valence-corrected chi connectivity index (χ2v) is 14.0. The molecule has 0 aromatic heterocycles. The van der Waals surface area contributed by atoms with Crippen molar-refractivity contribution >= 4 is 11.8 Å². The molecule has 276 valence electrons. The second kappa shape index (κ2) is 26.6. The third-order valence-electron chi connectivity index (χ3n) is 9.96. The van der Waals surface area contributed by atoms with Gasteiger partial charge in [0, 0.05) is 65.4 Å². The highest BCUT2D eigenvalue weighted by atomic mass is 16.2. The zero-order valence-corrected chi connectivity index (χ0v) is 31.7. The van der Waals surface area contributed by atoms with E-state index < -0.39 is 0 Å². The molecule has 2 fully saturated rings. The van der Waals surface area contributed by atoms with E-state index >= 15 is 0 Å². The van der Waals surface area contributed by atoms with Gasteiger partial charge in [-0.15, -0.1) is 0 Å². The molecule has 0 N–H and O–H groups in total. The predicted octanol–water partition coefficient (Wildman–Crippen LogP) is 8.58. The molecule has 2 saturated heterocycles. The smallest absolute Gasteiger partial charge is 0.246 e. The summed E-state index contributed by atoms with van der Waals surface area (Å²) in [5.74, 6) is 0.382. The molecule has 0 atom stereocenters. The highest BCUT2D eigenvalue weighted by Crippen LogP contribution is 2.10. The number of carbonyl (C=O) groups is 2. The molecular weight excluding hydrogens is 617 g/mol. The number of carbonyl (C=O) groups excluding carboxylic acids is 2. The Morgan fingerprint density at radius 2 is 0.860 bits per heavy atom. The fourth-order valence-electron chi connectivity index (χ4n) is 6.56. The molecule has 2 aromatic carbocycles.